The number of likely N-dealkylation sites (tertiary alicyclic amines) is 1. The van der Waals surface area contributed by atoms with E-state index in [-0.39, 0.29) is 31.3 Å². The van der Waals surface area contributed by atoms with E-state index >= 15 is 0 Å². The predicted octanol–water partition coefficient (Wildman–Crippen LogP) is -2.97. The zero-order chi connectivity index (χ0) is 13.1. The first-order valence-corrected chi connectivity index (χ1v) is 6.00. The summed E-state index contributed by atoms with van der Waals surface area (Å²) in [5.74, 6) is -1.32. The Morgan fingerprint density at radius 2 is 2.32 bits per heavy atom. The largest absolute Gasteiger partial charge is 1.00 e. The summed E-state index contributed by atoms with van der Waals surface area (Å²) in [6, 6.07) is 2.88. The van der Waals surface area contributed by atoms with E-state index in [1.54, 1.807) is 6.20 Å². The molecule has 1 saturated heterocycles. The van der Waals surface area contributed by atoms with E-state index in [1.165, 1.54) is 4.90 Å². The number of pyridine rings is 1. The molecule has 0 spiro atoms. The summed E-state index contributed by atoms with van der Waals surface area (Å²) in [5.41, 5.74) is 1.69. The molecule has 2 heterocycles. The zero-order valence-electron chi connectivity index (χ0n) is 11.3. The van der Waals surface area contributed by atoms with E-state index < -0.39 is 12.0 Å². The minimum atomic E-state index is -1.18. The van der Waals surface area contributed by atoms with Crippen molar-refractivity contribution in [3.05, 3.63) is 29.6 Å². The number of aliphatic carboxylic acids is 1. The van der Waals surface area contributed by atoms with Crippen molar-refractivity contribution in [3.63, 3.8) is 0 Å². The van der Waals surface area contributed by atoms with E-state index in [2.05, 4.69) is 4.98 Å². The van der Waals surface area contributed by atoms with Crippen molar-refractivity contribution in [3.8, 4) is 0 Å². The van der Waals surface area contributed by atoms with Gasteiger partial charge in [-0.2, -0.15) is 0 Å². The van der Waals surface area contributed by atoms with Crippen molar-refractivity contribution in [2.75, 3.05) is 0 Å². The second-order valence-corrected chi connectivity index (χ2v) is 4.52. The summed E-state index contributed by atoms with van der Waals surface area (Å²) < 4.78 is 0. The fraction of sp³-hybridized carbons (Fsp3) is 0.462. The monoisotopic (exact) mass is 254 g/mol. The average Bonchev–Trinajstić information content (AvgIpc) is 2.34. The Morgan fingerprint density at radius 1 is 1.58 bits per heavy atom. The maximum absolute atomic E-state index is 11.8. The number of carbonyl (C=O) groups is 2. The Morgan fingerprint density at radius 3 is 2.95 bits per heavy atom. The number of hydrogen-bond donors (Lipinski definition) is 0. The quantitative estimate of drug-likeness (QED) is 0.540. The molecule has 1 aromatic rings. The van der Waals surface area contributed by atoms with Gasteiger partial charge in [0.05, 0.1) is 24.2 Å². The summed E-state index contributed by atoms with van der Waals surface area (Å²) in [6.45, 7) is 2.13. The fourth-order valence-corrected chi connectivity index (χ4v) is 2.21. The number of aryl methyl sites for hydroxylation is 1. The molecule has 1 fully saturated rings. The standard InChI is InChI=1S/C13H16N2O3.Li/c1-9-4-3-7-14-10(9)8-15-11(13(17)18)5-2-6-12(15)16;/h3-4,7,11H,2,5-6,8H2,1H3,(H,17,18);/q;+1/p-1/t11-;/m1./s1. The molecule has 0 bridgehead atoms. The Balaban J connectivity index is 0.00000180. The molecule has 0 aliphatic carbocycles. The van der Waals surface area contributed by atoms with Crippen molar-refractivity contribution < 1.29 is 33.6 Å². The van der Waals surface area contributed by atoms with Gasteiger partial charge >= 0.3 is 18.9 Å². The van der Waals surface area contributed by atoms with E-state index in [1.807, 2.05) is 19.1 Å². The van der Waals surface area contributed by atoms with Crippen LogP contribution in [0.5, 0.6) is 0 Å². The number of nitrogens with zero attached hydrogens (tertiary/aromatic N) is 2. The second-order valence-electron chi connectivity index (χ2n) is 4.52. The molecule has 96 valence electrons. The van der Waals surface area contributed by atoms with Gasteiger partial charge in [-0.1, -0.05) is 6.07 Å². The van der Waals surface area contributed by atoms with Crippen LogP contribution in [-0.4, -0.2) is 27.8 Å². The van der Waals surface area contributed by atoms with Crippen LogP contribution in [0.1, 0.15) is 30.5 Å². The first-order valence-electron chi connectivity index (χ1n) is 6.00. The van der Waals surface area contributed by atoms with Gasteiger partial charge in [0.2, 0.25) is 5.91 Å². The summed E-state index contributed by atoms with van der Waals surface area (Å²) in [5, 5.41) is 11.1. The van der Waals surface area contributed by atoms with Gasteiger partial charge in [-0.05, 0) is 31.4 Å². The number of piperidine rings is 1. The SMILES string of the molecule is Cc1cccnc1CN1C(=O)CCC[C@@H]1C(=O)[O-].[Li+]. The van der Waals surface area contributed by atoms with Crippen LogP contribution < -0.4 is 24.0 Å². The fourth-order valence-electron chi connectivity index (χ4n) is 2.21. The van der Waals surface area contributed by atoms with Crippen LogP contribution in [0.4, 0.5) is 0 Å². The van der Waals surface area contributed by atoms with E-state index in [9.17, 15) is 14.7 Å². The Kier molecular flexibility index (Phi) is 5.58. The molecule has 6 heteroatoms. The number of carboxylic acid groups (broad SMARTS) is 1. The summed E-state index contributed by atoms with van der Waals surface area (Å²) in [6.07, 6.45) is 3.11. The Bertz CT molecular complexity index is 479. The molecule has 0 radical (unpaired) electrons. The summed E-state index contributed by atoms with van der Waals surface area (Å²) in [7, 11) is 0. The minimum Gasteiger partial charge on any atom is -0.548 e. The molecule has 1 aliphatic heterocycles. The van der Waals surface area contributed by atoms with Crippen LogP contribution in [-0.2, 0) is 16.1 Å². The molecule has 0 aromatic carbocycles. The van der Waals surface area contributed by atoms with Crippen molar-refractivity contribution >= 4 is 11.9 Å². The van der Waals surface area contributed by atoms with E-state index in [0.717, 1.165) is 11.3 Å². The van der Waals surface area contributed by atoms with Gasteiger partial charge in [-0.15, -0.1) is 0 Å². The van der Waals surface area contributed by atoms with Crippen molar-refractivity contribution in [2.45, 2.75) is 38.8 Å². The predicted molar refractivity (Wildman–Crippen MR) is 62.2 cm³/mol. The molecule has 19 heavy (non-hydrogen) atoms. The van der Waals surface area contributed by atoms with Crippen molar-refractivity contribution in [2.24, 2.45) is 0 Å². The molecular formula is C13H15LiN2O3. The number of carbonyl (C=O) groups excluding carboxylic acids is 2. The van der Waals surface area contributed by atoms with Gasteiger partial charge in [0.1, 0.15) is 0 Å². The molecule has 1 aliphatic rings. The maximum Gasteiger partial charge on any atom is 1.00 e. The van der Waals surface area contributed by atoms with Crippen LogP contribution in [0.15, 0.2) is 18.3 Å². The molecular weight excluding hydrogens is 239 g/mol. The van der Waals surface area contributed by atoms with Gasteiger partial charge in [0.25, 0.3) is 0 Å². The molecule has 1 amide bonds. The van der Waals surface area contributed by atoms with Crippen LogP contribution in [0.2, 0.25) is 0 Å². The van der Waals surface area contributed by atoms with Gasteiger partial charge in [0.15, 0.2) is 0 Å². The number of carboxylic acids is 1. The van der Waals surface area contributed by atoms with Gasteiger partial charge in [-0.25, -0.2) is 0 Å². The third kappa shape index (κ3) is 3.59. The van der Waals surface area contributed by atoms with Crippen molar-refractivity contribution in [1.29, 1.82) is 0 Å². The smallest absolute Gasteiger partial charge is 0.548 e. The molecule has 2 rings (SSSR count). The number of rotatable bonds is 3. The molecule has 0 saturated carbocycles. The van der Waals surface area contributed by atoms with Gasteiger partial charge in [0, 0.05) is 12.6 Å². The second kappa shape index (κ2) is 6.74. The van der Waals surface area contributed by atoms with Crippen LogP contribution in [0, 0.1) is 6.92 Å². The number of hydrogen-bond acceptors (Lipinski definition) is 4. The van der Waals surface area contributed by atoms with Crippen LogP contribution >= 0.6 is 0 Å². The maximum atomic E-state index is 11.8. The molecule has 0 unspecified atom stereocenters. The van der Waals surface area contributed by atoms with Crippen LogP contribution in [0.3, 0.4) is 0 Å². The third-order valence-electron chi connectivity index (χ3n) is 3.27. The van der Waals surface area contributed by atoms with Gasteiger partial charge < -0.3 is 14.8 Å². The number of amides is 1. The number of aromatic nitrogens is 1. The van der Waals surface area contributed by atoms with E-state index in [0.29, 0.717) is 19.3 Å². The summed E-state index contributed by atoms with van der Waals surface area (Å²) >= 11 is 0. The average molecular weight is 254 g/mol. The normalized spacial score (nSPS) is 18.9. The zero-order valence-corrected chi connectivity index (χ0v) is 11.3. The first-order chi connectivity index (χ1) is 8.59. The molecule has 0 N–H and O–H groups in total. The topological polar surface area (TPSA) is 73.3 Å². The molecule has 1 aromatic heterocycles. The van der Waals surface area contributed by atoms with Crippen molar-refractivity contribution in [1.82, 2.24) is 9.88 Å². The van der Waals surface area contributed by atoms with Gasteiger partial charge in [-0.3, -0.25) is 9.78 Å². The molecule has 5 nitrogen and oxygen atoms in total. The summed E-state index contributed by atoms with van der Waals surface area (Å²) in [4.78, 5) is 28.5. The first kappa shape index (κ1) is 15.7. The minimum absolute atomic E-state index is 0. The van der Waals surface area contributed by atoms with Crippen LogP contribution in [0.25, 0.3) is 0 Å². The Labute approximate surface area is 124 Å². The third-order valence-corrected chi connectivity index (χ3v) is 3.27. The van der Waals surface area contributed by atoms with E-state index in [4.69, 9.17) is 0 Å². The molecule has 1 atom stereocenters. The Hall–Kier alpha value is -1.31.